The van der Waals surface area contributed by atoms with E-state index in [4.69, 9.17) is 14.2 Å². The Morgan fingerprint density at radius 2 is 1.83 bits per heavy atom. The fourth-order valence-electron chi connectivity index (χ4n) is 2.54. The second kappa shape index (κ2) is 6.68. The minimum atomic E-state index is -0.862. The summed E-state index contributed by atoms with van der Waals surface area (Å²) in [5, 5.41) is 0. The lowest BCUT2D eigenvalue weighted by atomic mass is 10.2. The summed E-state index contributed by atoms with van der Waals surface area (Å²) in [6.45, 7) is 6.25. The van der Waals surface area contributed by atoms with Gasteiger partial charge in [-0.25, -0.2) is 4.79 Å². The SMILES string of the molecule is CCOC(=O)c1cc2n(c1C)C(OC(C)=O)C(OC(C)=O)C=C2. The van der Waals surface area contributed by atoms with Gasteiger partial charge in [-0.1, -0.05) is 0 Å². The molecule has 0 spiro atoms. The number of hydrogen-bond acceptors (Lipinski definition) is 6. The first-order valence-corrected chi connectivity index (χ1v) is 7.26. The standard InChI is InChI=1S/C16H19NO6/c1-5-21-16(20)13-8-12-6-7-14(22-10(3)18)15(23-11(4)19)17(12)9(13)2/h6-8,14-15H,5H2,1-4H3. The zero-order valence-corrected chi connectivity index (χ0v) is 13.5. The predicted molar refractivity (Wildman–Crippen MR) is 80.5 cm³/mol. The third-order valence-corrected chi connectivity index (χ3v) is 3.40. The van der Waals surface area contributed by atoms with Crippen LogP contribution < -0.4 is 0 Å². The number of aromatic nitrogens is 1. The van der Waals surface area contributed by atoms with Crippen LogP contribution in [0.3, 0.4) is 0 Å². The number of ether oxygens (including phenoxy) is 3. The van der Waals surface area contributed by atoms with Gasteiger partial charge in [0.05, 0.1) is 12.2 Å². The van der Waals surface area contributed by atoms with Crippen LogP contribution in [0.25, 0.3) is 6.08 Å². The van der Waals surface area contributed by atoms with Gasteiger partial charge in [-0.3, -0.25) is 9.59 Å². The van der Waals surface area contributed by atoms with Crippen LogP contribution in [0, 0.1) is 6.92 Å². The molecule has 124 valence electrons. The Hall–Kier alpha value is -2.57. The number of fused-ring (bicyclic) bond motifs is 1. The zero-order valence-electron chi connectivity index (χ0n) is 13.5. The van der Waals surface area contributed by atoms with Gasteiger partial charge in [0.2, 0.25) is 6.23 Å². The van der Waals surface area contributed by atoms with Crippen LogP contribution in [-0.2, 0) is 23.8 Å². The molecule has 1 aliphatic heterocycles. The lowest BCUT2D eigenvalue weighted by molar-refractivity contribution is -0.169. The Bertz CT molecular complexity index is 672. The van der Waals surface area contributed by atoms with E-state index in [1.54, 1.807) is 36.6 Å². The van der Waals surface area contributed by atoms with E-state index in [9.17, 15) is 14.4 Å². The van der Waals surface area contributed by atoms with Gasteiger partial charge in [0.1, 0.15) is 0 Å². The molecule has 23 heavy (non-hydrogen) atoms. The summed E-state index contributed by atoms with van der Waals surface area (Å²) in [6.07, 6.45) is 1.71. The van der Waals surface area contributed by atoms with Crippen molar-refractivity contribution in [3.63, 3.8) is 0 Å². The predicted octanol–water partition coefficient (Wildman–Crippen LogP) is 1.99. The summed E-state index contributed by atoms with van der Waals surface area (Å²) in [4.78, 5) is 34.7. The largest absolute Gasteiger partial charge is 0.462 e. The van der Waals surface area contributed by atoms with Crippen LogP contribution in [0.4, 0.5) is 0 Å². The Labute approximate surface area is 133 Å². The van der Waals surface area contributed by atoms with Crippen molar-refractivity contribution < 1.29 is 28.6 Å². The molecular formula is C16H19NO6. The molecule has 0 fully saturated rings. The summed E-state index contributed by atoms with van der Waals surface area (Å²) in [5.74, 6) is -1.46. The van der Waals surface area contributed by atoms with Crippen LogP contribution in [0.2, 0.25) is 0 Å². The average molecular weight is 321 g/mol. The topological polar surface area (TPSA) is 83.8 Å². The highest BCUT2D eigenvalue weighted by molar-refractivity contribution is 5.92. The van der Waals surface area contributed by atoms with Gasteiger partial charge in [-0.2, -0.15) is 0 Å². The number of esters is 3. The van der Waals surface area contributed by atoms with Crippen LogP contribution in [0.15, 0.2) is 12.1 Å². The number of rotatable bonds is 4. The smallest absolute Gasteiger partial charge is 0.339 e. The fraction of sp³-hybridized carbons (Fsp3) is 0.438. The van der Waals surface area contributed by atoms with Gasteiger partial charge < -0.3 is 18.8 Å². The molecule has 0 saturated carbocycles. The first kappa shape index (κ1) is 16.8. The fourth-order valence-corrected chi connectivity index (χ4v) is 2.54. The van der Waals surface area contributed by atoms with E-state index in [1.165, 1.54) is 13.8 Å². The van der Waals surface area contributed by atoms with E-state index in [0.29, 0.717) is 17.0 Å². The first-order valence-electron chi connectivity index (χ1n) is 7.26. The maximum Gasteiger partial charge on any atom is 0.339 e. The summed E-state index contributed by atoms with van der Waals surface area (Å²) in [6, 6.07) is 1.66. The number of carbonyl (C=O) groups is 3. The minimum absolute atomic E-state index is 0.262. The molecule has 2 rings (SSSR count). The molecule has 2 unspecified atom stereocenters. The molecule has 2 heterocycles. The lowest BCUT2D eigenvalue weighted by Crippen LogP contribution is -2.33. The Morgan fingerprint density at radius 1 is 1.17 bits per heavy atom. The Morgan fingerprint density at radius 3 is 2.39 bits per heavy atom. The van der Waals surface area contributed by atoms with E-state index in [-0.39, 0.29) is 6.61 Å². The molecule has 1 aromatic rings. The first-order chi connectivity index (χ1) is 10.8. The molecule has 0 aromatic carbocycles. The van der Waals surface area contributed by atoms with Crippen LogP contribution in [0.1, 0.15) is 48.7 Å². The zero-order chi connectivity index (χ0) is 17.1. The van der Waals surface area contributed by atoms with Crippen molar-refractivity contribution in [2.75, 3.05) is 6.61 Å². The summed E-state index contributed by atoms with van der Waals surface area (Å²) >= 11 is 0. The minimum Gasteiger partial charge on any atom is -0.462 e. The molecule has 0 saturated heterocycles. The number of hydrogen-bond donors (Lipinski definition) is 0. The molecule has 0 N–H and O–H groups in total. The van der Waals surface area contributed by atoms with Crippen molar-refractivity contribution in [1.29, 1.82) is 0 Å². The van der Waals surface area contributed by atoms with Gasteiger partial charge in [-0.05, 0) is 32.1 Å². The van der Waals surface area contributed by atoms with E-state index >= 15 is 0 Å². The van der Waals surface area contributed by atoms with E-state index in [1.807, 2.05) is 0 Å². The second-order valence-corrected chi connectivity index (χ2v) is 5.09. The van der Waals surface area contributed by atoms with Gasteiger partial charge in [0.15, 0.2) is 6.10 Å². The summed E-state index contributed by atoms with van der Waals surface area (Å²) in [7, 11) is 0. The maximum atomic E-state index is 12.0. The summed E-state index contributed by atoms with van der Waals surface area (Å²) < 4.78 is 17.2. The van der Waals surface area contributed by atoms with Gasteiger partial charge in [0.25, 0.3) is 0 Å². The highest BCUT2D eigenvalue weighted by Gasteiger charge is 2.34. The Kier molecular flexibility index (Phi) is 4.88. The van der Waals surface area contributed by atoms with Crippen LogP contribution in [0.5, 0.6) is 0 Å². The molecule has 7 heteroatoms. The number of nitrogens with zero attached hydrogens (tertiary/aromatic N) is 1. The van der Waals surface area contributed by atoms with Gasteiger partial charge in [-0.15, -0.1) is 0 Å². The normalized spacial score (nSPS) is 19.0. The van der Waals surface area contributed by atoms with Gasteiger partial charge in [0, 0.05) is 25.2 Å². The van der Waals surface area contributed by atoms with E-state index in [2.05, 4.69) is 0 Å². The molecule has 0 radical (unpaired) electrons. The molecule has 7 nitrogen and oxygen atoms in total. The van der Waals surface area contributed by atoms with Crippen LogP contribution in [-0.4, -0.2) is 35.2 Å². The molecular weight excluding hydrogens is 302 g/mol. The molecule has 0 aliphatic carbocycles. The third-order valence-electron chi connectivity index (χ3n) is 3.40. The van der Waals surface area contributed by atoms with E-state index in [0.717, 1.165) is 0 Å². The molecule has 0 bridgehead atoms. The van der Waals surface area contributed by atoms with Crippen LogP contribution >= 0.6 is 0 Å². The summed E-state index contributed by atoms with van der Waals surface area (Å²) in [5.41, 5.74) is 1.62. The Balaban J connectivity index is 2.45. The molecule has 1 aromatic heterocycles. The van der Waals surface area contributed by atoms with E-state index < -0.39 is 30.2 Å². The number of carbonyl (C=O) groups excluding carboxylic acids is 3. The monoisotopic (exact) mass is 321 g/mol. The van der Waals surface area contributed by atoms with Crippen molar-refractivity contribution in [2.45, 2.75) is 40.0 Å². The molecule has 1 aliphatic rings. The van der Waals surface area contributed by atoms with Crippen molar-refractivity contribution in [1.82, 2.24) is 4.57 Å². The van der Waals surface area contributed by atoms with Crippen molar-refractivity contribution in [3.05, 3.63) is 29.1 Å². The van der Waals surface area contributed by atoms with Crippen molar-refractivity contribution in [2.24, 2.45) is 0 Å². The highest BCUT2D eigenvalue weighted by atomic mass is 16.6. The van der Waals surface area contributed by atoms with Gasteiger partial charge >= 0.3 is 17.9 Å². The van der Waals surface area contributed by atoms with Crippen molar-refractivity contribution in [3.8, 4) is 0 Å². The third kappa shape index (κ3) is 3.44. The molecule has 0 amide bonds. The van der Waals surface area contributed by atoms with Crippen molar-refractivity contribution >= 4 is 24.0 Å². The highest BCUT2D eigenvalue weighted by Crippen LogP contribution is 2.31. The molecule has 2 atom stereocenters. The second-order valence-electron chi connectivity index (χ2n) is 5.09. The quantitative estimate of drug-likeness (QED) is 0.623. The lowest BCUT2D eigenvalue weighted by Gasteiger charge is -2.30. The average Bonchev–Trinajstić information content (AvgIpc) is 2.78. The maximum absolute atomic E-state index is 12.0.